The van der Waals surface area contributed by atoms with Crippen molar-refractivity contribution in [1.29, 1.82) is 0 Å². The van der Waals surface area contributed by atoms with Crippen molar-refractivity contribution in [3.63, 3.8) is 0 Å². The van der Waals surface area contributed by atoms with E-state index < -0.39 is 0 Å². The van der Waals surface area contributed by atoms with Gasteiger partial charge in [-0.2, -0.15) is 0 Å². The molecule has 0 aromatic carbocycles. The lowest BCUT2D eigenvalue weighted by Gasteiger charge is -2.23. The van der Waals surface area contributed by atoms with Crippen molar-refractivity contribution >= 4 is 0 Å². The van der Waals surface area contributed by atoms with Gasteiger partial charge in [-0.25, -0.2) is 0 Å². The van der Waals surface area contributed by atoms with Crippen LogP contribution in [0.25, 0.3) is 0 Å². The molecule has 108 valence electrons. The fourth-order valence-electron chi connectivity index (χ4n) is 2.44. The Bertz CT molecular complexity index is 205. The van der Waals surface area contributed by atoms with Gasteiger partial charge in [-0.05, 0) is 32.9 Å². The van der Waals surface area contributed by atoms with Crippen molar-refractivity contribution in [1.82, 2.24) is 9.80 Å². The first-order valence-corrected chi connectivity index (χ1v) is 7.17. The Labute approximate surface area is 111 Å². The van der Waals surface area contributed by atoms with Crippen LogP contribution in [-0.4, -0.2) is 80.0 Å². The number of nitrogens with two attached hydrogens (primary N) is 1. The lowest BCUT2D eigenvalue weighted by molar-refractivity contribution is 0.0546. The molecule has 1 heterocycles. The fraction of sp³-hybridized carbons (Fsp3) is 1.00. The van der Waals surface area contributed by atoms with E-state index in [0.717, 1.165) is 52.3 Å². The number of aliphatic hydroxyl groups is 1. The van der Waals surface area contributed by atoms with Gasteiger partial charge in [0.2, 0.25) is 0 Å². The van der Waals surface area contributed by atoms with Crippen LogP contribution in [0.1, 0.15) is 19.8 Å². The molecule has 0 spiro atoms. The van der Waals surface area contributed by atoms with E-state index in [1.807, 2.05) is 6.92 Å². The van der Waals surface area contributed by atoms with Gasteiger partial charge in [0, 0.05) is 39.3 Å². The quantitative estimate of drug-likeness (QED) is 0.629. The van der Waals surface area contributed by atoms with Crippen LogP contribution in [-0.2, 0) is 4.74 Å². The van der Waals surface area contributed by atoms with Crippen molar-refractivity contribution in [2.24, 2.45) is 5.73 Å². The summed E-state index contributed by atoms with van der Waals surface area (Å²) in [6.07, 6.45) is 2.40. The van der Waals surface area contributed by atoms with Gasteiger partial charge in [-0.3, -0.25) is 4.90 Å². The average molecular weight is 259 g/mol. The van der Waals surface area contributed by atoms with Gasteiger partial charge in [-0.15, -0.1) is 0 Å². The SMILES string of the molecule is CCOC(CN)CCN1CCCN(CCO)CC1. The maximum absolute atomic E-state index is 8.96. The first-order chi connectivity index (χ1) is 8.80. The minimum Gasteiger partial charge on any atom is -0.395 e. The molecule has 1 unspecified atom stereocenters. The molecule has 1 rings (SSSR count). The highest BCUT2D eigenvalue weighted by Crippen LogP contribution is 2.05. The topological polar surface area (TPSA) is 62.0 Å². The molecule has 5 nitrogen and oxygen atoms in total. The minimum atomic E-state index is 0.201. The third-order valence-corrected chi connectivity index (χ3v) is 3.53. The van der Waals surface area contributed by atoms with E-state index in [1.165, 1.54) is 6.42 Å². The van der Waals surface area contributed by atoms with Gasteiger partial charge < -0.3 is 20.5 Å². The van der Waals surface area contributed by atoms with Crippen molar-refractivity contribution in [3.8, 4) is 0 Å². The number of β-amino-alcohol motifs (C(OH)–C–C–N with tert-alkyl or cyclic N) is 1. The highest BCUT2D eigenvalue weighted by Gasteiger charge is 2.15. The maximum Gasteiger partial charge on any atom is 0.0709 e. The second kappa shape index (κ2) is 9.69. The van der Waals surface area contributed by atoms with Crippen LogP contribution in [0.2, 0.25) is 0 Å². The second-order valence-corrected chi connectivity index (χ2v) is 4.86. The van der Waals surface area contributed by atoms with E-state index in [0.29, 0.717) is 6.54 Å². The van der Waals surface area contributed by atoms with Gasteiger partial charge in [0.15, 0.2) is 0 Å². The molecule has 0 aromatic heterocycles. The zero-order valence-electron chi connectivity index (χ0n) is 11.7. The van der Waals surface area contributed by atoms with Gasteiger partial charge in [0.25, 0.3) is 0 Å². The molecule has 0 aliphatic carbocycles. The highest BCUT2D eigenvalue weighted by molar-refractivity contribution is 4.71. The first-order valence-electron chi connectivity index (χ1n) is 7.17. The van der Waals surface area contributed by atoms with Gasteiger partial charge >= 0.3 is 0 Å². The minimum absolute atomic E-state index is 0.201. The summed E-state index contributed by atoms with van der Waals surface area (Å²) in [5, 5.41) is 8.96. The molecule has 1 atom stereocenters. The van der Waals surface area contributed by atoms with E-state index in [1.54, 1.807) is 0 Å². The summed E-state index contributed by atoms with van der Waals surface area (Å²) in [4.78, 5) is 4.82. The molecule has 1 aliphatic heterocycles. The van der Waals surface area contributed by atoms with Crippen LogP contribution in [0, 0.1) is 0 Å². The number of nitrogens with zero attached hydrogens (tertiary/aromatic N) is 2. The molecule has 18 heavy (non-hydrogen) atoms. The Morgan fingerprint density at radius 3 is 2.39 bits per heavy atom. The maximum atomic E-state index is 8.96. The number of rotatable bonds is 8. The largest absolute Gasteiger partial charge is 0.395 e. The van der Waals surface area contributed by atoms with Gasteiger partial charge in [-0.1, -0.05) is 0 Å². The molecule has 0 aromatic rings. The summed E-state index contributed by atoms with van der Waals surface area (Å²) in [5.74, 6) is 0. The van der Waals surface area contributed by atoms with Crippen LogP contribution in [0.5, 0.6) is 0 Å². The Morgan fingerprint density at radius 2 is 1.83 bits per heavy atom. The van der Waals surface area contributed by atoms with Crippen LogP contribution < -0.4 is 5.73 Å². The van der Waals surface area contributed by atoms with E-state index >= 15 is 0 Å². The first kappa shape index (κ1) is 15.9. The van der Waals surface area contributed by atoms with Crippen LogP contribution in [0.3, 0.4) is 0 Å². The lowest BCUT2D eigenvalue weighted by Crippen LogP contribution is -2.35. The summed E-state index contributed by atoms with van der Waals surface area (Å²) >= 11 is 0. The molecule has 1 saturated heterocycles. The van der Waals surface area contributed by atoms with E-state index in [2.05, 4.69) is 9.80 Å². The molecule has 0 amide bonds. The molecule has 0 bridgehead atoms. The molecule has 0 saturated carbocycles. The van der Waals surface area contributed by atoms with Crippen LogP contribution >= 0.6 is 0 Å². The lowest BCUT2D eigenvalue weighted by atomic mass is 10.2. The fourth-order valence-corrected chi connectivity index (χ4v) is 2.44. The monoisotopic (exact) mass is 259 g/mol. The summed E-state index contributed by atoms with van der Waals surface area (Å²) in [5.41, 5.74) is 5.69. The third kappa shape index (κ3) is 6.11. The van der Waals surface area contributed by atoms with Crippen LogP contribution in [0.4, 0.5) is 0 Å². The molecule has 1 fully saturated rings. The average Bonchev–Trinajstić information content (AvgIpc) is 2.60. The zero-order chi connectivity index (χ0) is 13.2. The summed E-state index contributed by atoms with van der Waals surface area (Å²) in [7, 11) is 0. The number of hydrogen-bond donors (Lipinski definition) is 2. The summed E-state index contributed by atoms with van der Waals surface area (Å²) in [6.45, 7) is 9.89. The molecular weight excluding hydrogens is 230 g/mol. The number of ether oxygens (including phenoxy) is 1. The molecular formula is C13H29N3O2. The predicted molar refractivity (Wildman–Crippen MR) is 73.7 cm³/mol. The summed E-state index contributed by atoms with van der Waals surface area (Å²) in [6, 6.07) is 0. The standard InChI is InChI=1S/C13H29N3O2/c1-2-18-13(12-14)4-7-15-5-3-6-16(9-8-15)10-11-17/h13,17H,2-12,14H2,1H3. The molecule has 3 N–H and O–H groups in total. The van der Waals surface area contributed by atoms with E-state index in [9.17, 15) is 0 Å². The van der Waals surface area contributed by atoms with E-state index in [4.69, 9.17) is 15.6 Å². The number of hydrogen-bond acceptors (Lipinski definition) is 5. The van der Waals surface area contributed by atoms with Crippen molar-refractivity contribution in [2.75, 3.05) is 59.0 Å². The molecule has 5 heteroatoms. The van der Waals surface area contributed by atoms with Gasteiger partial charge in [0.05, 0.1) is 12.7 Å². The second-order valence-electron chi connectivity index (χ2n) is 4.86. The Hall–Kier alpha value is -0.200. The normalized spacial score (nSPS) is 20.8. The Balaban J connectivity index is 2.22. The Morgan fingerprint density at radius 1 is 1.17 bits per heavy atom. The summed E-state index contributed by atoms with van der Waals surface area (Å²) < 4.78 is 5.58. The smallest absolute Gasteiger partial charge is 0.0709 e. The van der Waals surface area contributed by atoms with Crippen molar-refractivity contribution in [3.05, 3.63) is 0 Å². The number of aliphatic hydroxyl groups excluding tert-OH is 1. The predicted octanol–water partition coefficient (Wildman–Crippen LogP) is -0.260. The third-order valence-electron chi connectivity index (χ3n) is 3.53. The molecule has 0 radical (unpaired) electrons. The van der Waals surface area contributed by atoms with Crippen molar-refractivity contribution in [2.45, 2.75) is 25.9 Å². The van der Waals surface area contributed by atoms with E-state index in [-0.39, 0.29) is 12.7 Å². The van der Waals surface area contributed by atoms with Crippen molar-refractivity contribution < 1.29 is 9.84 Å². The zero-order valence-corrected chi connectivity index (χ0v) is 11.7. The van der Waals surface area contributed by atoms with Gasteiger partial charge in [0.1, 0.15) is 0 Å². The molecule has 1 aliphatic rings. The Kier molecular flexibility index (Phi) is 8.54. The highest BCUT2D eigenvalue weighted by atomic mass is 16.5. The van der Waals surface area contributed by atoms with Crippen LogP contribution in [0.15, 0.2) is 0 Å².